The maximum Gasteiger partial charge on any atom is 0.254 e. The highest BCUT2D eigenvalue weighted by Gasteiger charge is 2.42. The molecule has 23 heavy (non-hydrogen) atoms. The van der Waals surface area contributed by atoms with Gasteiger partial charge in [-0.1, -0.05) is 6.42 Å². The van der Waals surface area contributed by atoms with Crippen LogP contribution < -0.4 is 10.2 Å². The number of pyridine rings is 1. The van der Waals surface area contributed by atoms with E-state index >= 15 is 0 Å². The van der Waals surface area contributed by atoms with Crippen molar-refractivity contribution in [1.82, 2.24) is 15.2 Å². The van der Waals surface area contributed by atoms with Gasteiger partial charge in [0.15, 0.2) is 0 Å². The minimum atomic E-state index is -0.0522. The fraction of sp³-hybridized carbons (Fsp3) is 0.667. The van der Waals surface area contributed by atoms with Crippen molar-refractivity contribution >= 4 is 11.7 Å². The van der Waals surface area contributed by atoms with Crippen LogP contribution in [0.4, 0.5) is 5.82 Å². The Hall–Kier alpha value is -1.62. The second kappa shape index (κ2) is 6.11. The molecule has 1 aliphatic heterocycles. The van der Waals surface area contributed by atoms with Crippen molar-refractivity contribution in [2.24, 2.45) is 11.8 Å². The van der Waals surface area contributed by atoms with Gasteiger partial charge in [-0.05, 0) is 43.2 Å². The third-order valence-electron chi connectivity index (χ3n) is 6.04. The predicted octanol–water partition coefficient (Wildman–Crippen LogP) is 1.75. The van der Waals surface area contributed by atoms with Gasteiger partial charge >= 0.3 is 0 Å². The van der Waals surface area contributed by atoms with Crippen LogP contribution in [0.2, 0.25) is 0 Å². The van der Waals surface area contributed by atoms with E-state index in [1.165, 1.54) is 25.7 Å². The number of nitrogens with one attached hydrogen (secondary N) is 1. The van der Waals surface area contributed by atoms with Gasteiger partial charge in [-0.3, -0.25) is 9.69 Å². The van der Waals surface area contributed by atoms with Crippen LogP contribution in [-0.4, -0.2) is 55.1 Å². The molecule has 3 atom stereocenters. The standard InChI is InChI=1S/C18H26N4O/c1-19-18(23)15-3-2-6-20-17(15)22-9-7-21(8-10-22)16-12-13-4-5-14(16)11-13/h2-3,6,13-14,16H,4-5,7-12H2,1H3,(H,19,23). The number of rotatable bonds is 3. The van der Waals surface area contributed by atoms with Gasteiger partial charge in [-0.15, -0.1) is 0 Å². The highest BCUT2D eigenvalue weighted by Crippen LogP contribution is 2.46. The van der Waals surface area contributed by atoms with Gasteiger partial charge in [0.2, 0.25) is 0 Å². The Labute approximate surface area is 138 Å². The molecule has 124 valence electrons. The predicted molar refractivity (Wildman–Crippen MR) is 90.6 cm³/mol. The van der Waals surface area contributed by atoms with Crippen molar-refractivity contribution in [1.29, 1.82) is 0 Å². The van der Waals surface area contributed by atoms with Crippen molar-refractivity contribution in [3.8, 4) is 0 Å². The molecule has 5 heteroatoms. The Morgan fingerprint density at radius 3 is 2.70 bits per heavy atom. The molecule has 1 saturated heterocycles. The summed E-state index contributed by atoms with van der Waals surface area (Å²) in [6.07, 6.45) is 7.56. The summed E-state index contributed by atoms with van der Waals surface area (Å²) in [7, 11) is 1.67. The highest BCUT2D eigenvalue weighted by atomic mass is 16.1. The number of piperazine rings is 1. The minimum absolute atomic E-state index is 0.0522. The molecule has 3 aliphatic rings. The molecule has 5 nitrogen and oxygen atoms in total. The Bertz CT molecular complexity index is 582. The number of nitrogens with zero attached hydrogens (tertiary/aromatic N) is 3. The Morgan fingerprint density at radius 2 is 2.04 bits per heavy atom. The van der Waals surface area contributed by atoms with Crippen molar-refractivity contribution < 1.29 is 4.79 Å². The molecule has 1 N–H and O–H groups in total. The Balaban J connectivity index is 1.43. The van der Waals surface area contributed by atoms with Crippen LogP contribution in [0.3, 0.4) is 0 Å². The van der Waals surface area contributed by atoms with Gasteiger partial charge in [0.1, 0.15) is 5.82 Å². The first-order chi connectivity index (χ1) is 11.3. The number of anilines is 1. The molecule has 2 saturated carbocycles. The van der Waals surface area contributed by atoms with E-state index in [0.717, 1.165) is 49.9 Å². The number of amides is 1. The lowest BCUT2D eigenvalue weighted by Crippen LogP contribution is -2.52. The topological polar surface area (TPSA) is 48.5 Å². The second-order valence-corrected chi connectivity index (χ2v) is 7.22. The average Bonchev–Trinajstić information content (AvgIpc) is 3.24. The normalized spacial score (nSPS) is 30.7. The largest absolute Gasteiger partial charge is 0.355 e. The molecule has 1 amide bonds. The molecule has 4 rings (SSSR count). The maximum atomic E-state index is 12.0. The van der Waals surface area contributed by atoms with Gasteiger partial charge in [0.05, 0.1) is 5.56 Å². The number of carbonyl (C=O) groups is 1. The summed E-state index contributed by atoms with van der Waals surface area (Å²) in [4.78, 5) is 21.5. The number of hydrogen-bond acceptors (Lipinski definition) is 4. The number of carbonyl (C=O) groups excluding carboxylic acids is 1. The summed E-state index contributed by atoms with van der Waals surface area (Å²) < 4.78 is 0. The highest BCUT2D eigenvalue weighted by molar-refractivity contribution is 5.98. The van der Waals surface area contributed by atoms with Crippen molar-refractivity contribution in [2.75, 3.05) is 38.1 Å². The lowest BCUT2D eigenvalue weighted by molar-refractivity contribution is 0.0962. The molecule has 0 aromatic carbocycles. The van der Waals surface area contributed by atoms with E-state index in [4.69, 9.17) is 0 Å². The van der Waals surface area contributed by atoms with Crippen LogP contribution in [0.25, 0.3) is 0 Å². The number of fused-ring (bicyclic) bond motifs is 2. The summed E-state index contributed by atoms with van der Waals surface area (Å²) in [5.41, 5.74) is 0.684. The average molecular weight is 314 g/mol. The molecule has 2 heterocycles. The molecule has 1 aromatic heterocycles. The molecule has 1 aromatic rings. The van der Waals surface area contributed by atoms with Gasteiger partial charge in [0, 0.05) is 45.5 Å². The van der Waals surface area contributed by atoms with Gasteiger partial charge in [0.25, 0.3) is 5.91 Å². The Kier molecular flexibility index (Phi) is 3.97. The zero-order chi connectivity index (χ0) is 15.8. The molecule has 3 fully saturated rings. The number of aromatic nitrogens is 1. The molecule has 2 bridgehead atoms. The quantitative estimate of drug-likeness (QED) is 0.923. The van der Waals surface area contributed by atoms with Gasteiger partial charge in [-0.2, -0.15) is 0 Å². The van der Waals surface area contributed by atoms with Crippen LogP contribution in [-0.2, 0) is 0 Å². The van der Waals surface area contributed by atoms with E-state index < -0.39 is 0 Å². The SMILES string of the molecule is CNC(=O)c1cccnc1N1CCN(C2CC3CCC2C3)CC1. The van der Waals surface area contributed by atoms with Crippen molar-refractivity contribution in [3.63, 3.8) is 0 Å². The molecule has 2 aliphatic carbocycles. The van der Waals surface area contributed by atoms with Crippen LogP contribution in [0.5, 0.6) is 0 Å². The summed E-state index contributed by atoms with van der Waals surface area (Å²) in [6, 6.07) is 4.52. The van der Waals surface area contributed by atoms with Crippen LogP contribution in [0, 0.1) is 11.8 Å². The number of hydrogen-bond donors (Lipinski definition) is 1. The third-order valence-corrected chi connectivity index (χ3v) is 6.04. The smallest absolute Gasteiger partial charge is 0.254 e. The van der Waals surface area contributed by atoms with E-state index in [9.17, 15) is 4.79 Å². The zero-order valence-corrected chi connectivity index (χ0v) is 13.9. The monoisotopic (exact) mass is 314 g/mol. The lowest BCUT2D eigenvalue weighted by atomic mass is 9.93. The first-order valence-electron chi connectivity index (χ1n) is 8.92. The first kappa shape index (κ1) is 14.9. The lowest BCUT2D eigenvalue weighted by Gasteiger charge is -2.41. The molecular weight excluding hydrogens is 288 g/mol. The van der Waals surface area contributed by atoms with E-state index in [2.05, 4.69) is 20.1 Å². The fourth-order valence-electron chi connectivity index (χ4n) is 4.88. The first-order valence-corrected chi connectivity index (χ1v) is 8.92. The zero-order valence-electron chi connectivity index (χ0n) is 13.9. The minimum Gasteiger partial charge on any atom is -0.355 e. The van der Waals surface area contributed by atoms with Crippen LogP contribution >= 0.6 is 0 Å². The summed E-state index contributed by atoms with van der Waals surface area (Å²) in [5.74, 6) is 2.73. The van der Waals surface area contributed by atoms with E-state index in [0.29, 0.717) is 5.56 Å². The summed E-state index contributed by atoms with van der Waals surface area (Å²) in [5, 5.41) is 2.72. The summed E-state index contributed by atoms with van der Waals surface area (Å²) in [6.45, 7) is 4.12. The van der Waals surface area contributed by atoms with Gasteiger partial charge < -0.3 is 10.2 Å². The van der Waals surface area contributed by atoms with E-state index in [1.807, 2.05) is 12.1 Å². The van der Waals surface area contributed by atoms with E-state index in [-0.39, 0.29) is 5.91 Å². The second-order valence-electron chi connectivity index (χ2n) is 7.22. The molecule has 0 spiro atoms. The van der Waals surface area contributed by atoms with E-state index in [1.54, 1.807) is 13.2 Å². The molecular formula is C18H26N4O. The van der Waals surface area contributed by atoms with Crippen LogP contribution in [0.1, 0.15) is 36.0 Å². The molecule has 0 radical (unpaired) electrons. The van der Waals surface area contributed by atoms with Crippen molar-refractivity contribution in [3.05, 3.63) is 23.9 Å². The van der Waals surface area contributed by atoms with Crippen LogP contribution in [0.15, 0.2) is 18.3 Å². The summed E-state index contributed by atoms with van der Waals surface area (Å²) >= 11 is 0. The third kappa shape index (κ3) is 2.71. The Morgan fingerprint density at radius 1 is 1.22 bits per heavy atom. The molecule has 3 unspecified atom stereocenters. The van der Waals surface area contributed by atoms with Crippen molar-refractivity contribution in [2.45, 2.75) is 31.7 Å². The fourth-order valence-corrected chi connectivity index (χ4v) is 4.88. The van der Waals surface area contributed by atoms with Gasteiger partial charge in [-0.25, -0.2) is 4.98 Å². The maximum absolute atomic E-state index is 12.0.